The first-order chi connectivity index (χ1) is 22.1. The Kier molecular flexibility index (Phi) is 8.79. The van der Waals surface area contributed by atoms with Gasteiger partial charge in [0.15, 0.2) is 0 Å². The number of anilines is 1. The minimum absolute atomic E-state index is 0.0219. The molecule has 0 saturated heterocycles. The van der Waals surface area contributed by atoms with Gasteiger partial charge in [-0.1, -0.05) is 67.8 Å². The summed E-state index contributed by atoms with van der Waals surface area (Å²) in [6.45, 7) is 0.102. The van der Waals surface area contributed by atoms with Gasteiger partial charge in [-0.2, -0.15) is 12.7 Å². The van der Waals surface area contributed by atoms with Crippen LogP contribution in [0.25, 0.3) is 28.2 Å². The third kappa shape index (κ3) is 6.33. The summed E-state index contributed by atoms with van der Waals surface area (Å²) in [5.74, 6) is -1.08. The van der Waals surface area contributed by atoms with Crippen LogP contribution in [0.1, 0.15) is 65.1 Å². The monoisotopic (exact) mass is 640 g/mol. The Hall–Kier alpha value is -4.74. The van der Waals surface area contributed by atoms with Crippen LogP contribution in [0, 0.1) is 0 Å². The summed E-state index contributed by atoms with van der Waals surface area (Å²) in [7, 11) is -1.50. The first-order valence-electron chi connectivity index (χ1n) is 15.3. The van der Waals surface area contributed by atoms with Crippen molar-refractivity contribution in [3.8, 4) is 11.3 Å². The predicted molar refractivity (Wildman–Crippen MR) is 177 cm³/mol. The van der Waals surface area contributed by atoms with E-state index in [4.69, 9.17) is 0 Å². The average molecular weight is 641 g/mol. The van der Waals surface area contributed by atoms with Crippen molar-refractivity contribution >= 4 is 50.7 Å². The molecule has 1 aliphatic carbocycles. The molecule has 2 amide bonds. The topological polar surface area (TPSA) is 127 Å². The van der Waals surface area contributed by atoms with E-state index in [2.05, 4.69) is 14.8 Å². The number of hydrogen-bond acceptors (Lipinski definition) is 6. The van der Waals surface area contributed by atoms with Gasteiger partial charge in [-0.05, 0) is 59.7 Å². The van der Waals surface area contributed by atoms with E-state index >= 15 is 0 Å². The van der Waals surface area contributed by atoms with E-state index in [1.54, 1.807) is 42.5 Å². The average Bonchev–Trinajstić information content (AvgIpc) is 3.28. The number of carbonyl (C=O) groups is 3. The van der Waals surface area contributed by atoms with E-state index < -0.39 is 22.1 Å². The number of nitrogens with zero attached hydrogens (tertiary/aromatic N) is 2. The second-order valence-electron chi connectivity index (χ2n) is 11.8. The van der Waals surface area contributed by atoms with Crippen LogP contribution in [-0.2, 0) is 37.6 Å². The number of benzene rings is 3. The smallest absolute Gasteiger partial charge is 0.330 e. The molecule has 6 rings (SSSR count). The molecule has 0 radical (unpaired) electrons. The summed E-state index contributed by atoms with van der Waals surface area (Å²) in [6, 6.07) is 20.0. The third-order valence-corrected chi connectivity index (χ3v) is 10.2. The number of carbonyl (C=O) groups excluding carboxylic acids is 3. The molecule has 46 heavy (non-hydrogen) atoms. The quantitative estimate of drug-likeness (QED) is 0.191. The van der Waals surface area contributed by atoms with Gasteiger partial charge in [-0.15, -0.1) is 0 Å². The van der Waals surface area contributed by atoms with Crippen LogP contribution in [0.5, 0.6) is 0 Å². The number of hydrogen-bond donors (Lipinski definition) is 2. The molecular formula is C35H36N4O6S. The van der Waals surface area contributed by atoms with Crippen LogP contribution in [-0.4, -0.2) is 49.2 Å². The van der Waals surface area contributed by atoms with Crippen LogP contribution in [0.3, 0.4) is 0 Å². The second-order valence-corrected chi connectivity index (χ2v) is 13.6. The van der Waals surface area contributed by atoms with E-state index in [1.807, 2.05) is 34.9 Å². The van der Waals surface area contributed by atoms with Gasteiger partial charge in [0.25, 0.3) is 5.91 Å². The second kappa shape index (κ2) is 12.9. The van der Waals surface area contributed by atoms with Crippen molar-refractivity contribution in [3.05, 3.63) is 95.1 Å². The molecule has 1 aliphatic heterocycles. The number of aromatic nitrogens is 1. The Balaban J connectivity index is 1.28. The number of methoxy groups -OCH3 is 1. The highest BCUT2D eigenvalue weighted by Gasteiger charge is 2.31. The molecule has 11 heteroatoms. The molecule has 2 N–H and O–H groups in total. The maximum Gasteiger partial charge on any atom is 0.330 e. The Labute approximate surface area is 268 Å². The number of esters is 1. The Morgan fingerprint density at radius 1 is 1.04 bits per heavy atom. The van der Waals surface area contributed by atoms with E-state index in [1.165, 1.54) is 32.2 Å². The predicted octanol–water partition coefficient (Wildman–Crippen LogP) is 5.60. The minimum Gasteiger partial charge on any atom is -0.466 e. The normalized spacial score (nSPS) is 15.3. The van der Waals surface area contributed by atoms with E-state index in [0.29, 0.717) is 11.5 Å². The standard InChI is InChI=1S/C35H36N4O6S/c1-38(21-24-14-12-23(13-15-24)16-19-32(41)45-2)46(43,44)37-35(42)26-17-18-28-30(20-26)39-22-31(40)36-29-11-7-6-10-27(29)34(39)33(28)25-8-4-3-5-9-25/h6-7,10-20,25H,3-5,8-9,21-22H2,1-2H3,(H,36,40)(H,37,42)/b19-16+. The maximum absolute atomic E-state index is 13.4. The van der Waals surface area contributed by atoms with Gasteiger partial charge in [0.2, 0.25) is 5.91 Å². The van der Waals surface area contributed by atoms with Crippen LogP contribution < -0.4 is 10.0 Å². The maximum atomic E-state index is 13.4. The summed E-state index contributed by atoms with van der Waals surface area (Å²) < 4.78 is 36.2. The van der Waals surface area contributed by atoms with Crippen LogP contribution >= 0.6 is 0 Å². The zero-order chi connectivity index (χ0) is 32.4. The lowest BCUT2D eigenvalue weighted by atomic mass is 9.81. The van der Waals surface area contributed by atoms with Crippen molar-refractivity contribution in [3.63, 3.8) is 0 Å². The summed E-state index contributed by atoms with van der Waals surface area (Å²) in [4.78, 5) is 37.8. The fraction of sp³-hybridized carbons (Fsp3) is 0.286. The molecule has 10 nitrogen and oxygen atoms in total. The van der Waals surface area contributed by atoms with Gasteiger partial charge in [0.1, 0.15) is 6.54 Å². The van der Waals surface area contributed by atoms with Gasteiger partial charge in [0, 0.05) is 36.2 Å². The SMILES string of the molecule is COC(=O)/C=C/c1ccc(CN(C)S(=O)(=O)NC(=O)c2ccc3c(C4CCCCC4)c4n(c3c2)CC(=O)Nc2ccccc2-4)cc1. The molecule has 0 atom stereocenters. The van der Waals surface area contributed by atoms with Gasteiger partial charge in [-0.3, -0.25) is 9.59 Å². The largest absolute Gasteiger partial charge is 0.466 e. The highest BCUT2D eigenvalue weighted by molar-refractivity contribution is 7.87. The van der Waals surface area contributed by atoms with E-state index in [-0.39, 0.29) is 24.6 Å². The Morgan fingerprint density at radius 2 is 1.78 bits per heavy atom. The molecule has 0 spiro atoms. The fourth-order valence-corrected chi connectivity index (χ4v) is 7.30. The molecular weight excluding hydrogens is 604 g/mol. The van der Waals surface area contributed by atoms with Crippen molar-refractivity contribution in [2.24, 2.45) is 0 Å². The lowest BCUT2D eigenvalue weighted by Gasteiger charge is -2.23. The highest BCUT2D eigenvalue weighted by Crippen LogP contribution is 2.46. The molecule has 2 aliphatic rings. The van der Waals surface area contributed by atoms with Crippen molar-refractivity contribution in [1.82, 2.24) is 13.6 Å². The summed E-state index contributed by atoms with van der Waals surface area (Å²) in [5.41, 5.74) is 6.21. The number of ether oxygens (including phenoxy) is 1. The van der Waals surface area contributed by atoms with Gasteiger partial charge in [-0.25, -0.2) is 9.52 Å². The Bertz CT molecular complexity index is 1960. The lowest BCUT2D eigenvalue weighted by Crippen LogP contribution is -2.41. The lowest BCUT2D eigenvalue weighted by molar-refractivity contribution is -0.134. The number of rotatable bonds is 8. The van der Waals surface area contributed by atoms with E-state index in [9.17, 15) is 22.8 Å². The highest BCUT2D eigenvalue weighted by atomic mass is 32.2. The molecule has 1 saturated carbocycles. The molecule has 1 fully saturated rings. The zero-order valence-electron chi connectivity index (χ0n) is 25.8. The van der Waals surface area contributed by atoms with Crippen LogP contribution in [0.4, 0.5) is 5.69 Å². The molecule has 238 valence electrons. The van der Waals surface area contributed by atoms with Crippen molar-refractivity contribution in [1.29, 1.82) is 0 Å². The Morgan fingerprint density at radius 3 is 2.52 bits per heavy atom. The fourth-order valence-electron chi connectivity index (χ4n) is 6.47. The number of amides is 2. The summed E-state index contributed by atoms with van der Waals surface area (Å²) >= 11 is 0. The molecule has 3 aromatic carbocycles. The van der Waals surface area contributed by atoms with Crippen molar-refractivity contribution in [2.75, 3.05) is 19.5 Å². The van der Waals surface area contributed by atoms with E-state index in [0.717, 1.165) is 63.4 Å². The van der Waals surface area contributed by atoms with Crippen molar-refractivity contribution < 1.29 is 27.5 Å². The summed E-state index contributed by atoms with van der Waals surface area (Å²) in [5, 5.41) is 4.00. The zero-order valence-corrected chi connectivity index (χ0v) is 26.6. The van der Waals surface area contributed by atoms with Crippen LogP contribution in [0.2, 0.25) is 0 Å². The molecule has 1 aromatic heterocycles. The number of para-hydroxylation sites is 1. The van der Waals surface area contributed by atoms with Gasteiger partial charge < -0.3 is 14.6 Å². The molecule has 0 bridgehead atoms. The van der Waals surface area contributed by atoms with Crippen LogP contribution in [0.15, 0.2) is 72.8 Å². The first kappa shape index (κ1) is 31.3. The molecule has 0 unspecified atom stereocenters. The first-order valence-corrected chi connectivity index (χ1v) is 16.8. The summed E-state index contributed by atoms with van der Waals surface area (Å²) in [6.07, 6.45) is 8.48. The van der Waals surface area contributed by atoms with Crippen molar-refractivity contribution in [2.45, 2.75) is 51.1 Å². The molecule has 4 aromatic rings. The van der Waals surface area contributed by atoms with Gasteiger partial charge in [0.05, 0.1) is 24.0 Å². The number of nitrogens with one attached hydrogen (secondary N) is 2. The third-order valence-electron chi connectivity index (χ3n) is 8.77. The van der Waals surface area contributed by atoms with Gasteiger partial charge >= 0.3 is 16.2 Å². The minimum atomic E-state index is -4.19. The molecule has 2 heterocycles. The number of fused-ring (bicyclic) bond motifs is 5.